The first kappa shape index (κ1) is 11.8. The van der Waals surface area contributed by atoms with Gasteiger partial charge in [0.15, 0.2) is 0 Å². The first-order chi connectivity index (χ1) is 8.10. The van der Waals surface area contributed by atoms with Crippen molar-refractivity contribution in [2.24, 2.45) is 22.7 Å². The quantitative estimate of drug-likeness (QED) is 0.766. The molecule has 0 spiro atoms. The smallest absolute Gasteiger partial charge is 0.262 e. The minimum atomic E-state index is -0.257. The molecule has 0 radical (unpaired) electrons. The minimum Gasteiger partial charge on any atom is -0.271 e. The van der Waals surface area contributed by atoms with Gasteiger partial charge in [0.2, 0.25) is 0 Å². The standard InChI is InChI=1S/C14H21NOS/c1-3-14(2)13(16)15-12(17-14)8-11-7-9-4-5-10(11)6-9/h9-11H,3-8H2,1-2H3. The Kier molecular flexibility index (Phi) is 2.85. The van der Waals surface area contributed by atoms with Crippen LogP contribution in [0.1, 0.15) is 52.4 Å². The first-order valence-corrected chi connectivity index (χ1v) is 7.73. The van der Waals surface area contributed by atoms with E-state index in [1.54, 1.807) is 11.8 Å². The fourth-order valence-electron chi connectivity index (χ4n) is 3.72. The summed E-state index contributed by atoms with van der Waals surface area (Å²) in [6.07, 6.45) is 7.68. The van der Waals surface area contributed by atoms with Crippen molar-refractivity contribution in [1.82, 2.24) is 0 Å². The number of hydrogen-bond donors (Lipinski definition) is 0. The molecule has 1 amide bonds. The average molecular weight is 251 g/mol. The summed E-state index contributed by atoms with van der Waals surface area (Å²) < 4.78 is -0.257. The molecule has 4 atom stereocenters. The van der Waals surface area contributed by atoms with Gasteiger partial charge < -0.3 is 0 Å². The maximum atomic E-state index is 11.9. The normalized spacial score (nSPS) is 44.5. The number of carbonyl (C=O) groups excluding carboxylic acids is 1. The second-order valence-electron chi connectivity index (χ2n) is 6.14. The van der Waals surface area contributed by atoms with Gasteiger partial charge in [-0.25, -0.2) is 4.99 Å². The van der Waals surface area contributed by atoms with Crippen molar-refractivity contribution in [3.8, 4) is 0 Å². The summed E-state index contributed by atoms with van der Waals surface area (Å²) in [4.78, 5) is 16.2. The number of nitrogens with zero attached hydrogens (tertiary/aromatic N) is 1. The van der Waals surface area contributed by atoms with E-state index in [4.69, 9.17) is 0 Å². The van der Waals surface area contributed by atoms with Crippen molar-refractivity contribution in [3.63, 3.8) is 0 Å². The lowest BCUT2D eigenvalue weighted by molar-refractivity contribution is -0.119. The van der Waals surface area contributed by atoms with Gasteiger partial charge in [-0.05, 0) is 56.8 Å². The Balaban J connectivity index is 1.64. The van der Waals surface area contributed by atoms with Crippen LogP contribution < -0.4 is 0 Å². The molecular formula is C14H21NOS. The van der Waals surface area contributed by atoms with E-state index in [1.807, 2.05) is 6.92 Å². The van der Waals surface area contributed by atoms with Crippen LogP contribution in [0.3, 0.4) is 0 Å². The zero-order valence-corrected chi connectivity index (χ0v) is 11.6. The van der Waals surface area contributed by atoms with Gasteiger partial charge in [-0.15, -0.1) is 0 Å². The molecule has 2 nitrogen and oxygen atoms in total. The third kappa shape index (κ3) is 1.96. The lowest BCUT2D eigenvalue weighted by Crippen LogP contribution is -2.25. The summed E-state index contributed by atoms with van der Waals surface area (Å²) in [5, 5.41) is 1.12. The van der Waals surface area contributed by atoms with Crippen LogP contribution in [0.15, 0.2) is 4.99 Å². The van der Waals surface area contributed by atoms with E-state index in [2.05, 4.69) is 11.9 Å². The number of amides is 1. The van der Waals surface area contributed by atoms with Gasteiger partial charge in [0.25, 0.3) is 5.91 Å². The molecule has 0 aromatic heterocycles. The molecule has 3 rings (SSSR count). The lowest BCUT2D eigenvalue weighted by atomic mass is 9.87. The second kappa shape index (κ2) is 4.11. The highest BCUT2D eigenvalue weighted by molar-refractivity contribution is 8.16. The van der Waals surface area contributed by atoms with Crippen LogP contribution in [0, 0.1) is 17.8 Å². The third-order valence-electron chi connectivity index (χ3n) is 5.02. The van der Waals surface area contributed by atoms with Crippen LogP contribution in [0.5, 0.6) is 0 Å². The number of aliphatic imine (C=N–C) groups is 1. The number of fused-ring (bicyclic) bond motifs is 2. The molecule has 2 bridgehead atoms. The molecule has 2 aliphatic carbocycles. The van der Waals surface area contributed by atoms with E-state index in [0.717, 1.165) is 35.6 Å². The first-order valence-electron chi connectivity index (χ1n) is 6.91. The zero-order valence-electron chi connectivity index (χ0n) is 10.7. The highest BCUT2D eigenvalue weighted by Crippen LogP contribution is 2.51. The Morgan fingerprint density at radius 2 is 2.24 bits per heavy atom. The van der Waals surface area contributed by atoms with Gasteiger partial charge in [-0.1, -0.05) is 25.1 Å². The third-order valence-corrected chi connectivity index (χ3v) is 6.43. The SMILES string of the molecule is CCC1(C)SC(CC2CC3CCC2C3)=NC1=O. The molecule has 17 heavy (non-hydrogen) atoms. The highest BCUT2D eigenvalue weighted by Gasteiger charge is 2.43. The molecule has 4 unspecified atom stereocenters. The van der Waals surface area contributed by atoms with E-state index in [9.17, 15) is 4.79 Å². The van der Waals surface area contributed by atoms with Gasteiger partial charge in [0, 0.05) is 0 Å². The van der Waals surface area contributed by atoms with Gasteiger partial charge in [-0.3, -0.25) is 4.79 Å². The van der Waals surface area contributed by atoms with Crippen molar-refractivity contribution >= 4 is 22.7 Å². The predicted molar refractivity (Wildman–Crippen MR) is 72.3 cm³/mol. The largest absolute Gasteiger partial charge is 0.271 e. The Hall–Kier alpha value is -0.310. The molecule has 0 aromatic carbocycles. The lowest BCUT2D eigenvalue weighted by Gasteiger charge is -2.22. The van der Waals surface area contributed by atoms with Crippen molar-refractivity contribution < 1.29 is 4.79 Å². The molecule has 3 aliphatic rings. The predicted octanol–water partition coefficient (Wildman–Crippen LogP) is 3.65. The summed E-state index contributed by atoms with van der Waals surface area (Å²) in [5.41, 5.74) is 0. The van der Waals surface area contributed by atoms with Crippen LogP contribution in [0.4, 0.5) is 0 Å². The van der Waals surface area contributed by atoms with Crippen LogP contribution in [-0.4, -0.2) is 15.7 Å². The summed E-state index contributed by atoms with van der Waals surface area (Å²) in [6.45, 7) is 4.12. The van der Waals surface area contributed by atoms with Crippen molar-refractivity contribution in [2.45, 2.75) is 57.1 Å². The van der Waals surface area contributed by atoms with Crippen molar-refractivity contribution in [2.75, 3.05) is 0 Å². The maximum Gasteiger partial charge on any atom is 0.262 e. The Labute approximate surface area is 108 Å². The molecule has 0 N–H and O–H groups in total. The average Bonchev–Trinajstić information content (AvgIpc) is 2.95. The Morgan fingerprint density at radius 1 is 1.41 bits per heavy atom. The van der Waals surface area contributed by atoms with Gasteiger partial charge in [-0.2, -0.15) is 0 Å². The summed E-state index contributed by atoms with van der Waals surface area (Å²) in [7, 11) is 0. The van der Waals surface area contributed by atoms with Crippen LogP contribution >= 0.6 is 11.8 Å². The fourth-order valence-corrected chi connectivity index (χ4v) is 4.94. The molecule has 2 saturated carbocycles. The molecular weight excluding hydrogens is 230 g/mol. The van der Waals surface area contributed by atoms with Crippen LogP contribution in [-0.2, 0) is 4.79 Å². The van der Waals surface area contributed by atoms with E-state index >= 15 is 0 Å². The molecule has 94 valence electrons. The monoisotopic (exact) mass is 251 g/mol. The summed E-state index contributed by atoms with van der Waals surface area (Å²) in [6, 6.07) is 0. The van der Waals surface area contributed by atoms with Crippen LogP contribution in [0.2, 0.25) is 0 Å². The Bertz CT molecular complexity index is 378. The summed E-state index contributed by atoms with van der Waals surface area (Å²) in [5.74, 6) is 2.85. The number of carbonyl (C=O) groups is 1. The molecule has 0 aromatic rings. The van der Waals surface area contributed by atoms with E-state index in [0.29, 0.717) is 0 Å². The maximum absolute atomic E-state index is 11.9. The summed E-state index contributed by atoms with van der Waals surface area (Å²) >= 11 is 1.74. The van der Waals surface area contributed by atoms with Crippen molar-refractivity contribution in [1.29, 1.82) is 0 Å². The molecule has 1 heterocycles. The topological polar surface area (TPSA) is 29.4 Å². The van der Waals surface area contributed by atoms with E-state index in [-0.39, 0.29) is 10.7 Å². The molecule has 2 fully saturated rings. The van der Waals surface area contributed by atoms with Crippen LogP contribution in [0.25, 0.3) is 0 Å². The fraction of sp³-hybridized carbons (Fsp3) is 0.857. The highest BCUT2D eigenvalue weighted by atomic mass is 32.2. The van der Waals surface area contributed by atoms with E-state index < -0.39 is 0 Å². The van der Waals surface area contributed by atoms with Crippen molar-refractivity contribution in [3.05, 3.63) is 0 Å². The molecule has 1 aliphatic heterocycles. The Morgan fingerprint density at radius 3 is 2.76 bits per heavy atom. The zero-order chi connectivity index (χ0) is 12.0. The van der Waals surface area contributed by atoms with Gasteiger partial charge in [0.05, 0.1) is 9.79 Å². The minimum absolute atomic E-state index is 0.100. The second-order valence-corrected chi connectivity index (χ2v) is 7.71. The number of thioether (sulfide) groups is 1. The number of rotatable bonds is 3. The van der Waals surface area contributed by atoms with Gasteiger partial charge in [0.1, 0.15) is 0 Å². The number of hydrogen-bond acceptors (Lipinski definition) is 2. The van der Waals surface area contributed by atoms with Gasteiger partial charge >= 0.3 is 0 Å². The molecule has 3 heteroatoms. The van der Waals surface area contributed by atoms with E-state index in [1.165, 1.54) is 25.7 Å². The molecule has 0 saturated heterocycles.